The van der Waals surface area contributed by atoms with Gasteiger partial charge in [-0.15, -0.1) is 0 Å². The zero-order valence-electron chi connectivity index (χ0n) is 14.7. The Hall–Kier alpha value is -2.34. The van der Waals surface area contributed by atoms with Gasteiger partial charge in [-0.25, -0.2) is 0 Å². The maximum absolute atomic E-state index is 12.8. The number of hydrogen-bond acceptors (Lipinski definition) is 4. The molecule has 6 nitrogen and oxygen atoms in total. The number of allylic oxidation sites excluding steroid dienone is 1. The van der Waals surface area contributed by atoms with Gasteiger partial charge >= 0.3 is 5.97 Å². The maximum Gasteiger partial charge on any atom is 0.305 e. The predicted molar refractivity (Wildman–Crippen MR) is 94.5 cm³/mol. The maximum atomic E-state index is 12.8. The minimum absolute atomic E-state index is 0.0160. The third-order valence-corrected chi connectivity index (χ3v) is 4.35. The van der Waals surface area contributed by atoms with E-state index in [1.807, 2.05) is 31.2 Å². The van der Waals surface area contributed by atoms with E-state index in [2.05, 4.69) is 0 Å². The molecular formula is C19H25NO5. The molecule has 1 fully saturated rings. The van der Waals surface area contributed by atoms with E-state index in [0.29, 0.717) is 19.0 Å². The van der Waals surface area contributed by atoms with Gasteiger partial charge < -0.3 is 19.5 Å². The van der Waals surface area contributed by atoms with E-state index >= 15 is 0 Å². The van der Waals surface area contributed by atoms with Gasteiger partial charge in [-0.1, -0.05) is 18.2 Å². The molecule has 0 saturated carbocycles. The molecule has 1 aromatic rings. The quantitative estimate of drug-likeness (QED) is 0.767. The zero-order chi connectivity index (χ0) is 18.2. The van der Waals surface area contributed by atoms with E-state index < -0.39 is 5.97 Å². The topological polar surface area (TPSA) is 76.1 Å². The average molecular weight is 347 g/mol. The molecule has 1 aromatic carbocycles. The van der Waals surface area contributed by atoms with Crippen molar-refractivity contribution in [1.29, 1.82) is 0 Å². The molecule has 2 rings (SSSR count). The number of methoxy groups -OCH3 is 1. The fourth-order valence-corrected chi connectivity index (χ4v) is 3.00. The highest BCUT2D eigenvalue weighted by molar-refractivity contribution is 5.95. The largest absolute Gasteiger partial charge is 0.496 e. The highest BCUT2D eigenvalue weighted by Gasteiger charge is 2.25. The van der Waals surface area contributed by atoms with Crippen LogP contribution < -0.4 is 4.74 Å². The van der Waals surface area contributed by atoms with E-state index in [1.54, 1.807) is 18.1 Å². The van der Waals surface area contributed by atoms with Crippen molar-refractivity contribution in [2.24, 2.45) is 0 Å². The van der Waals surface area contributed by atoms with Gasteiger partial charge in [0.1, 0.15) is 5.75 Å². The van der Waals surface area contributed by atoms with E-state index in [4.69, 9.17) is 14.6 Å². The second-order valence-corrected chi connectivity index (χ2v) is 6.05. The van der Waals surface area contributed by atoms with E-state index in [0.717, 1.165) is 24.0 Å². The van der Waals surface area contributed by atoms with Gasteiger partial charge in [0.25, 0.3) is 0 Å². The Kier molecular flexibility index (Phi) is 7.01. The monoisotopic (exact) mass is 347 g/mol. The first-order chi connectivity index (χ1) is 12.0. The molecule has 0 aliphatic carbocycles. The SMILES string of the molecule is COc1ccccc1/C(C)=C/C(=O)N(CCC(=O)O)C1CCOCC1. The van der Waals surface area contributed by atoms with Crippen LogP contribution >= 0.6 is 0 Å². The fraction of sp³-hybridized carbons (Fsp3) is 0.474. The molecular weight excluding hydrogens is 322 g/mol. The third-order valence-electron chi connectivity index (χ3n) is 4.35. The Labute approximate surface area is 148 Å². The van der Waals surface area contributed by atoms with Crippen LogP contribution in [0.1, 0.15) is 31.7 Å². The summed E-state index contributed by atoms with van der Waals surface area (Å²) in [6, 6.07) is 7.52. The number of aliphatic carboxylic acids is 1. The van der Waals surface area contributed by atoms with Crippen LogP contribution in [0.5, 0.6) is 5.75 Å². The smallest absolute Gasteiger partial charge is 0.305 e. The molecule has 1 aliphatic rings. The summed E-state index contributed by atoms with van der Waals surface area (Å²) in [5.74, 6) is -0.376. The van der Waals surface area contributed by atoms with Gasteiger partial charge in [0.2, 0.25) is 5.91 Å². The van der Waals surface area contributed by atoms with Crippen LogP contribution in [0.4, 0.5) is 0 Å². The van der Waals surface area contributed by atoms with Crippen molar-refractivity contribution in [3.05, 3.63) is 35.9 Å². The Morgan fingerprint density at radius 2 is 2.00 bits per heavy atom. The van der Waals surface area contributed by atoms with Crippen LogP contribution in [0.2, 0.25) is 0 Å². The fourth-order valence-electron chi connectivity index (χ4n) is 3.00. The summed E-state index contributed by atoms with van der Waals surface area (Å²) in [7, 11) is 1.59. The van der Waals surface area contributed by atoms with Crippen molar-refractivity contribution < 1.29 is 24.2 Å². The number of carbonyl (C=O) groups is 2. The van der Waals surface area contributed by atoms with Gasteiger partial charge in [0, 0.05) is 37.4 Å². The van der Waals surface area contributed by atoms with Gasteiger partial charge in [0.15, 0.2) is 0 Å². The first-order valence-electron chi connectivity index (χ1n) is 8.44. The number of carbonyl (C=O) groups excluding carboxylic acids is 1. The number of benzene rings is 1. The summed E-state index contributed by atoms with van der Waals surface area (Å²) < 4.78 is 10.7. The van der Waals surface area contributed by atoms with Crippen molar-refractivity contribution >= 4 is 17.4 Å². The molecule has 0 atom stereocenters. The lowest BCUT2D eigenvalue weighted by Crippen LogP contribution is -2.43. The summed E-state index contributed by atoms with van der Waals surface area (Å²) in [5, 5.41) is 8.98. The molecule has 1 heterocycles. The second-order valence-electron chi connectivity index (χ2n) is 6.05. The molecule has 0 aromatic heterocycles. The Morgan fingerprint density at radius 3 is 2.64 bits per heavy atom. The van der Waals surface area contributed by atoms with Gasteiger partial charge in [-0.05, 0) is 31.4 Å². The lowest BCUT2D eigenvalue weighted by Gasteiger charge is -2.33. The molecule has 25 heavy (non-hydrogen) atoms. The molecule has 1 aliphatic heterocycles. The molecule has 1 amide bonds. The minimum Gasteiger partial charge on any atom is -0.496 e. The van der Waals surface area contributed by atoms with E-state index in [-0.39, 0.29) is 24.9 Å². The summed E-state index contributed by atoms with van der Waals surface area (Å²) in [4.78, 5) is 25.4. The Balaban J connectivity index is 2.20. The number of carboxylic acid groups (broad SMARTS) is 1. The molecule has 6 heteroatoms. The number of amides is 1. The van der Waals surface area contributed by atoms with Crippen LogP contribution in [0.15, 0.2) is 30.3 Å². The predicted octanol–water partition coefficient (Wildman–Crippen LogP) is 2.58. The number of para-hydroxylation sites is 1. The molecule has 0 unspecified atom stereocenters. The lowest BCUT2D eigenvalue weighted by atomic mass is 10.0. The number of rotatable bonds is 7. The highest BCUT2D eigenvalue weighted by Crippen LogP contribution is 2.26. The number of carboxylic acids is 1. The van der Waals surface area contributed by atoms with Crippen molar-refractivity contribution in [2.45, 2.75) is 32.2 Å². The lowest BCUT2D eigenvalue weighted by molar-refractivity contribution is -0.138. The van der Waals surface area contributed by atoms with Crippen LogP contribution in [-0.4, -0.2) is 54.8 Å². The zero-order valence-corrected chi connectivity index (χ0v) is 14.7. The van der Waals surface area contributed by atoms with Crippen LogP contribution in [0, 0.1) is 0 Å². The Morgan fingerprint density at radius 1 is 1.32 bits per heavy atom. The normalized spacial score (nSPS) is 15.7. The third kappa shape index (κ3) is 5.32. The number of ether oxygens (including phenoxy) is 2. The minimum atomic E-state index is -0.907. The van der Waals surface area contributed by atoms with Crippen molar-refractivity contribution in [3.63, 3.8) is 0 Å². The summed E-state index contributed by atoms with van der Waals surface area (Å²) in [6.07, 6.45) is 2.96. The summed E-state index contributed by atoms with van der Waals surface area (Å²) in [5.41, 5.74) is 1.64. The highest BCUT2D eigenvalue weighted by atomic mass is 16.5. The van der Waals surface area contributed by atoms with Gasteiger partial charge in [0.05, 0.1) is 13.5 Å². The van der Waals surface area contributed by atoms with Crippen molar-refractivity contribution in [1.82, 2.24) is 4.90 Å². The molecule has 0 spiro atoms. The van der Waals surface area contributed by atoms with E-state index in [1.165, 1.54) is 0 Å². The second kappa shape index (κ2) is 9.22. The number of hydrogen-bond donors (Lipinski definition) is 1. The van der Waals surface area contributed by atoms with E-state index in [9.17, 15) is 9.59 Å². The standard InChI is InChI=1S/C19H25NO5/c1-14(16-5-3-4-6-17(16)24-2)13-18(21)20(10-7-19(22)23)15-8-11-25-12-9-15/h3-6,13,15H,7-12H2,1-2H3,(H,22,23)/b14-13+. The molecule has 1 N–H and O–H groups in total. The van der Waals surface area contributed by atoms with Crippen LogP contribution in [0.25, 0.3) is 5.57 Å². The molecule has 1 saturated heterocycles. The van der Waals surface area contributed by atoms with Gasteiger partial charge in [-0.2, -0.15) is 0 Å². The first-order valence-corrected chi connectivity index (χ1v) is 8.44. The molecule has 0 bridgehead atoms. The molecule has 136 valence electrons. The van der Waals surface area contributed by atoms with Crippen LogP contribution in [-0.2, 0) is 14.3 Å². The van der Waals surface area contributed by atoms with Gasteiger partial charge in [-0.3, -0.25) is 9.59 Å². The average Bonchev–Trinajstić information content (AvgIpc) is 2.62. The Bertz CT molecular complexity index is 634. The molecule has 0 radical (unpaired) electrons. The number of nitrogens with zero attached hydrogens (tertiary/aromatic N) is 1. The van der Waals surface area contributed by atoms with Crippen molar-refractivity contribution in [3.8, 4) is 5.75 Å². The summed E-state index contributed by atoms with van der Waals surface area (Å²) >= 11 is 0. The first kappa shape index (κ1) is 19.0. The summed E-state index contributed by atoms with van der Waals surface area (Å²) in [6.45, 7) is 3.25. The van der Waals surface area contributed by atoms with Crippen molar-refractivity contribution in [2.75, 3.05) is 26.9 Å². The van der Waals surface area contributed by atoms with Crippen LogP contribution in [0.3, 0.4) is 0 Å².